The lowest BCUT2D eigenvalue weighted by atomic mass is 10.0. The number of nitrogens with two attached hydrogens (primary N) is 1. The zero-order valence-corrected chi connectivity index (χ0v) is 11.2. The summed E-state index contributed by atoms with van der Waals surface area (Å²) in [5.74, 6) is 0.132. The summed E-state index contributed by atoms with van der Waals surface area (Å²) >= 11 is 0. The zero-order chi connectivity index (χ0) is 14.7. The van der Waals surface area contributed by atoms with E-state index in [-0.39, 0.29) is 5.56 Å². The number of benzene rings is 2. The van der Waals surface area contributed by atoms with Gasteiger partial charge >= 0.3 is 5.97 Å². The summed E-state index contributed by atoms with van der Waals surface area (Å²) in [6, 6.07) is 9.85. The summed E-state index contributed by atoms with van der Waals surface area (Å²) < 4.78 is 10.6. The molecule has 0 heterocycles. The normalized spacial score (nSPS) is 10.1. The van der Waals surface area contributed by atoms with Crippen molar-refractivity contribution in [3.63, 3.8) is 0 Å². The molecule has 0 aliphatic carbocycles. The minimum Gasteiger partial charge on any atom is -0.496 e. The minimum absolute atomic E-state index is 0.180. The number of aromatic carboxylic acids is 1. The first-order valence-electron chi connectivity index (χ1n) is 5.92. The molecule has 0 aromatic heterocycles. The molecule has 0 spiro atoms. The van der Waals surface area contributed by atoms with Gasteiger partial charge in [0.2, 0.25) is 0 Å². The van der Waals surface area contributed by atoms with Crippen LogP contribution < -0.4 is 15.2 Å². The highest BCUT2D eigenvalue weighted by Gasteiger charge is 2.14. The van der Waals surface area contributed by atoms with Gasteiger partial charge in [-0.1, -0.05) is 0 Å². The van der Waals surface area contributed by atoms with Crippen LogP contribution in [-0.2, 0) is 0 Å². The van der Waals surface area contributed by atoms with E-state index in [4.69, 9.17) is 20.3 Å². The number of hydrogen-bond acceptors (Lipinski definition) is 4. The van der Waals surface area contributed by atoms with Gasteiger partial charge in [0.1, 0.15) is 11.5 Å². The van der Waals surface area contributed by atoms with Crippen molar-refractivity contribution in [1.82, 2.24) is 0 Å². The maximum atomic E-state index is 11.1. The molecule has 0 bridgehead atoms. The standard InChI is InChI=1S/C15H15NO4/c1-19-13-6-3-9(15(17)18)7-12(13)11-5-4-10(16)8-14(11)20-2/h3-8H,16H2,1-2H3,(H,17,18). The van der Waals surface area contributed by atoms with Gasteiger partial charge in [-0.05, 0) is 30.3 Å². The summed E-state index contributed by atoms with van der Waals surface area (Å²) in [4.78, 5) is 11.1. The number of carboxylic acid groups (broad SMARTS) is 1. The number of carbonyl (C=O) groups is 1. The summed E-state index contributed by atoms with van der Waals surface area (Å²) in [6.07, 6.45) is 0. The second kappa shape index (κ2) is 5.52. The average Bonchev–Trinajstić information content (AvgIpc) is 2.46. The Kier molecular flexibility index (Phi) is 3.79. The number of hydrogen-bond donors (Lipinski definition) is 2. The zero-order valence-electron chi connectivity index (χ0n) is 11.2. The van der Waals surface area contributed by atoms with Crippen LogP contribution in [0.4, 0.5) is 5.69 Å². The van der Waals surface area contributed by atoms with Gasteiger partial charge in [-0.25, -0.2) is 4.79 Å². The first kappa shape index (κ1) is 13.7. The molecule has 0 aliphatic heterocycles. The molecular formula is C15H15NO4. The Morgan fingerprint density at radius 1 is 1.00 bits per heavy atom. The Balaban J connectivity index is 2.66. The number of nitrogen functional groups attached to an aromatic ring is 1. The largest absolute Gasteiger partial charge is 0.496 e. The van der Waals surface area contributed by atoms with Crippen LogP contribution >= 0.6 is 0 Å². The first-order valence-corrected chi connectivity index (χ1v) is 5.92. The number of methoxy groups -OCH3 is 2. The topological polar surface area (TPSA) is 81.8 Å². The van der Waals surface area contributed by atoms with Crippen LogP contribution in [-0.4, -0.2) is 25.3 Å². The van der Waals surface area contributed by atoms with E-state index in [0.717, 1.165) is 5.56 Å². The van der Waals surface area contributed by atoms with Gasteiger partial charge < -0.3 is 20.3 Å². The maximum Gasteiger partial charge on any atom is 0.335 e. The molecule has 2 rings (SSSR count). The van der Waals surface area contributed by atoms with E-state index in [2.05, 4.69) is 0 Å². The second-order valence-electron chi connectivity index (χ2n) is 4.18. The number of anilines is 1. The van der Waals surface area contributed by atoms with Gasteiger partial charge in [0.15, 0.2) is 0 Å². The quantitative estimate of drug-likeness (QED) is 0.837. The highest BCUT2D eigenvalue weighted by atomic mass is 16.5. The van der Waals surface area contributed by atoms with Crippen molar-refractivity contribution in [3.05, 3.63) is 42.0 Å². The molecular weight excluding hydrogens is 258 g/mol. The van der Waals surface area contributed by atoms with Gasteiger partial charge in [0, 0.05) is 22.9 Å². The van der Waals surface area contributed by atoms with E-state index in [9.17, 15) is 4.79 Å². The summed E-state index contributed by atoms with van der Waals surface area (Å²) in [5, 5.41) is 9.10. The van der Waals surface area contributed by atoms with E-state index in [1.54, 1.807) is 30.3 Å². The third kappa shape index (κ3) is 2.51. The monoisotopic (exact) mass is 273 g/mol. The molecule has 20 heavy (non-hydrogen) atoms. The van der Waals surface area contributed by atoms with Crippen molar-refractivity contribution < 1.29 is 19.4 Å². The average molecular weight is 273 g/mol. The first-order chi connectivity index (χ1) is 9.56. The van der Waals surface area contributed by atoms with Gasteiger partial charge in [-0.15, -0.1) is 0 Å². The van der Waals surface area contributed by atoms with Crippen LogP contribution in [0.5, 0.6) is 11.5 Å². The van der Waals surface area contributed by atoms with E-state index in [0.29, 0.717) is 22.7 Å². The van der Waals surface area contributed by atoms with Crippen molar-refractivity contribution in [1.29, 1.82) is 0 Å². The minimum atomic E-state index is -0.997. The Morgan fingerprint density at radius 3 is 2.30 bits per heavy atom. The van der Waals surface area contributed by atoms with Crippen molar-refractivity contribution in [3.8, 4) is 22.6 Å². The van der Waals surface area contributed by atoms with Gasteiger partial charge in [0.25, 0.3) is 0 Å². The summed E-state index contributed by atoms with van der Waals surface area (Å²) in [7, 11) is 3.06. The molecule has 0 saturated carbocycles. The molecule has 0 atom stereocenters. The van der Waals surface area contributed by atoms with Crippen LogP contribution in [0.1, 0.15) is 10.4 Å². The third-order valence-electron chi connectivity index (χ3n) is 2.96. The lowest BCUT2D eigenvalue weighted by molar-refractivity contribution is 0.0697. The van der Waals surface area contributed by atoms with Crippen LogP contribution in [0.15, 0.2) is 36.4 Å². The number of carboxylic acids is 1. The molecule has 0 fully saturated rings. The van der Waals surface area contributed by atoms with E-state index in [1.807, 2.05) is 0 Å². The van der Waals surface area contributed by atoms with E-state index < -0.39 is 5.97 Å². The van der Waals surface area contributed by atoms with Crippen LogP contribution in [0.3, 0.4) is 0 Å². The molecule has 0 aliphatic rings. The van der Waals surface area contributed by atoms with Crippen LogP contribution in [0.2, 0.25) is 0 Å². The van der Waals surface area contributed by atoms with Crippen molar-refractivity contribution >= 4 is 11.7 Å². The molecule has 5 nitrogen and oxygen atoms in total. The van der Waals surface area contributed by atoms with E-state index >= 15 is 0 Å². The summed E-state index contributed by atoms with van der Waals surface area (Å²) in [5.41, 5.74) is 7.84. The lowest BCUT2D eigenvalue weighted by Gasteiger charge is -2.13. The van der Waals surface area contributed by atoms with Crippen molar-refractivity contribution in [2.75, 3.05) is 20.0 Å². The molecule has 2 aromatic carbocycles. The Bertz CT molecular complexity index is 652. The fraction of sp³-hybridized carbons (Fsp3) is 0.133. The number of rotatable bonds is 4. The third-order valence-corrected chi connectivity index (χ3v) is 2.96. The maximum absolute atomic E-state index is 11.1. The van der Waals surface area contributed by atoms with Gasteiger partial charge in [-0.2, -0.15) is 0 Å². The van der Waals surface area contributed by atoms with Gasteiger partial charge in [0.05, 0.1) is 19.8 Å². The summed E-state index contributed by atoms with van der Waals surface area (Å²) in [6.45, 7) is 0. The molecule has 2 aromatic rings. The molecule has 0 unspecified atom stereocenters. The molecule has 0 amide bonds. The smallest absolute Gasteiger partial charge is 0.335 e. The molecule has 104 valence electrons. The molecule has 0 saturated heterocycles. The molecule has 3 N–H and O–H groups in total. The Morgan fingerprint density at radius 2 is 1.70 bits per heavy atom. The lowest BCUT2D eigenvalue weighted by Crippen LogP contribution is -1.99. The Hall–Kier alpha value is -2.69. The molecule has 5 heteroatoms. The fourth-order valence-corrected chi connectivity index (χ4v) is 1.98. The van der Waals surface area contributed by atoms with Crippen LogP contribution in [0.25, 0.3) is 11.1 Å². The predicted molar refractivity (Wildman–Crippen MR) is 76.4 cm³/mol. The van der Waals surface area contributed by atoms with Gasteiger partial charge in [-0.3, -0.25) is 0 Å². The number of ether oxygens (including phenoxy) is 2. The van der Waals surface area contributed by atoms with E-state index in [1.165, 1.54) is 20.3 Å². The fourth-order valence-electron chi connectivity index (χ4n) is 1.98. The van der Waals surface area contributed by atoms with Crippen molar-refractivity contribution in [2.24, 2.45) is 0 Å². The van der Waals surface area contributed by atoms with Crippen LogP contribution in [0, 0.1) is 0 Å². The second-order valence-corrected chi connectivity index (χ2v) is 4.18. The highest BCUT2D eigenvalue weighted by molar-refractivity contribution is 5.91. The Labute approximate surface area is 116 Å². The molecule has 0 radical (unpaired) electrons. The predicted octanol–water partition coefficient (Wildman–Crippen LogP) is 2.65. The SMILES string of the molecule is COc1cc(N)ccc1-c1cc(C(=O)O)ccc1OC. The van der Waals surface area contributed by atoms with Crippen molar-refractivity contribution in [2.45, 2.75) is 0 Å². The highest BCUT2D eigenvalue weighted by Crippen LogP contribution is 2.37.